The second-order valence-corrected chi connectivity index (χ2v) is 9.84. The molecule has 2 heterocycles. The van der Waals surface area contributed by atoms with Crippen molar-refractivity contribution in [3.05, 3.63) is 11.8 Å². The van der Waals surface area contributed by atoms with Crippen LogP contribution in [0.5, 0.6) is 0 Å². The van der Waals surface area contributed by atoms with Crippen LogP contribution < -0.4 is 27.4 Å². The standard InChI is InChI=1S/C22H42N6O7/c1-22(32)10-33-20(16(31)19(22)26-2)35-18-13(23)5-4-12(15(18)30)17-14(28-21(24)25)6-3-11(34-17)9-27-7-8-29/h3,12-20,26-27,29-32H,4-10,23H2,1-2H3,(H4,24,25,28)/t12?,13-,14-,15+,16-,17-,18+,19-,20-,22+/m1/s1. The average molecular weight is 503 g/mol. The quantitative estimate of drug-likeness (QED) is 0.0848. The zero-order valence-corrected chi connectivity index (χ0v) is 20.4. The molecule has 202 valence electrons. The first-order chi connectivity index (χ1) is 16.6. The first-order valence-electron chi connectivity index (χ1n) is 12.1. The molecule has 1 unspecified atom stereocenters. The number of guanidine groups is 1. The highest BCUT2D eigenvalue weighted by Crippen LogP contribution is 2.36. The monoisotopic (exact) mass is 502 g/mol. The summed E-state index contributed by atoms with van der Waals surface area (Å²) in [5, 5.41) is 58.2. The van der Waals surface area contributed by atoms with Crippen LogP contribution in [0.2, 0.25) is 0 Å². The topological polar surface area (TPSA) is 221 Å². The fourth-order valence-corrected chi connectivity index (χ4v) is 5.31. The van der Waals surface area contributed by atoms with Gasteiger partial charge in [0.2, 0.25) is 0 Å². The van der Waals surface area contributed by atoms with E-state index < -0.39 is 54.3 Å². The van der Waals surface area contributed by atoms with Gasteiger partial charge < -0.3 is 62.1 Å². The van der Waals surface area contributed by atoms with Gasteiger partial charge in [-0.1, -0.05) is 0 Å². The van der Waals surface area contributed by atoms with Crippen LogP contribution in [0.25, 0.3) is 0 Å². The predicted octanol–water partition coefficient (Wildman–Crippen LogP) is -3.37. The van der Waals surface area contributed by atoms with Gasteiger partial charge in [0, 0.05) is 18.5 Å². The number of likely N-dealkylation sites (N-methyl/N-ethyl adjacent to an activating group) is 1. The molecule has 35 heavy (non-hydrogen) atoms. The number of rotatable bonds is 9. The normalized spacial score (nSPS) is 42.1. The first kappa shape index (κ1) is 28.0. The summed E-state index contributed by atoms with van der Waals surface area (Å²) < 4.78 is 17.9. The molecule has 13 nitrogen and oxygen atoms in total. The van der Waals surface area contributed by atoms with Crippen LogP contribution in [-0.2, 0) is 14.2 Å². The minimum absolute atomic E-state index is 0.00238. The number of nitrogens with one attached hydrogen (secondary N) is 4. The van der Waals surface area contributed by atoms with Crippen molar-refractivity contribution in [2.45, 2.75) is 80.6 Å². The number of aliphatic hydroxyl groups is 4. The molecule has 0 aromatic heterocycles. The molecule has 0 aromatic carbocycles. The second-order valence-electron chi connectivity index (χ2n) is 9.84. The van der Waals surface area contributed by atoms with Crippen LogP contribution in [0.1, 0.15) is 26.2 Å². The maximum Gasteiger partial charge on any atom is 0.186 e. The largest absolute Gasteiger partial charge is 0.491 e. The first-order valence-corrected chi connectivity index (χ1v) is 12.1. The van der Waals surface area contributed by atoms with Crippen molar-refractivity contribution in [3.8, 4) is 0 Å². The molecule has 1 aliphatic carbocycles. The van der Waals surface area contributed by atoms with Crippen LogP contribution >= 0.6 is 0 Å². The summed E-state index contributed by atoms with van der Waals surface area (Å²) in [6.45, 7) is 2.34. The summed E-state index contributed by atoms with van der Waals surface area (Å²) in [5.74, 6) is 0.0781. The molecular weight excluding hydrogens is 460 g/mol. The van der Waals surface area contributed by atoms with Crippen molar-refractivity contribution >= 4 is 5.96 Å². The van der Waals surface area contributed by atoms with Gasteiger partial charge in [-0.2, -0.15) is 0 Å². The van der Waals surface area contributed by atoms with E-state index in [1.807, 2.05) is 6.08 Å². The Balaban J connectivity index is 1.74. The van der Waals surface area contributed by atoms with Crippen molar-refractivity contribution in [1.29, 1.82) is 5.41 Å². The van der Waals surface area contributed by atoms with Gasteiger partial charge in [-0.15, -0.1) is 0 Å². The number of hydrogen-bond acceptors (Lipinski definition) is 11. The number of aliphatic hydroxyl groups excluding tert-OH is 3. The van der Waals surface area contributed by atoms with Gasteiger partial charge in [-0.25, -0.2) is 0 Å². The van der Waals surface area contributed by atoms with Crippen molar-refractivity contribution in [2.75, 3.05) is 33.4 Å². The third kappa shape index (κ3) is 6.61. The van der Waals surface area contributed by atoms with E-state index in [-0.39, 0.29) is 25.2 Å². The number of ether oxygens (including phenoxy) is 3. The summed E-state index contributed by atoms with van der Waals surface area (Å²) in [7, 11) is 1.63. The maximum absolute atomic E-state index is 11.4. The molecule has 1 saturated heterocycles. The highest BCUT2D eigenvalue weighted by Gasteiger charge is 2.50. The molecule has 0 spiro atoms. The van der Waals surface area contributed by atoms with E-state index in [0.29, 0.717) is 38.1 Å². The molecule has 3 aliphatic rings. The molecule has 13 heteroatoms. The van der Waals surface area contributed by atoms with Crippen molar-refractivity contribution in [2.24, 2.45) is 17.4 Å². The van der Waals surface area contributed by atoms with Gasteiger partial charge in [0.25, 0.3) is 0 Å². The van der Waals surface area contributed by atoms with E-state index in [9.17, 15) is 15.3 Å². The third-order valence-corrected chi connectivity index (χ3v) is 7.10. The van der Waals surface area contributed by atoms with Crippen LogP contribution in [0.3, 0.4) is 0 Å². The number of nitrogens with two attached hydrogens (primary N) is 2. The summed E-state index contributed by atoms with van der Waals surface area (Å²) in [5.41, 5.74) is 10.6. The summed E-state index contributed by atoms with van der Waals surface area (Å²) in [6, 6.07) is -1.54. The Hall–Kier alpha value is -1.55. The van der Waals surface area contributed by atoms with Crippen LogP contribution in [0, 0.1) is 11.3 Å². The highest BCUT2D eigenvalue weighted by atomic mass is 16.7. The maximum atomic E-state index is 11.4. The third-order valence-electron chi connectivity index (χ3n) is 7.10. The lowest BCUT2D eigenvalue weighted by atomic mass is 9.75. The minimum Gasteiger partial charge on any atom is -0.491 e. The van der Waals surface area contributed by atoms with Gasteiger partial charge >= 0.3 is 0 Å². The summed E-state index contributed by atoms with van der Waals surface area (Å²) in [4.78, 5) is 0. The van der Waals surface area contributed by atoms with Gasteiger partial charge in [-0.3, -0.25) is 5.41 Å². The zero-order valence-electron chi connectivity index (χ0n) is 20.4. The highest BCUT2D eigenvalue weighted by molar-refractivity contribution is 5.74. The van der Waals surface area contributed by atoms with Gasteiger partial charge in [0.1, 0.15) is 29.7 Å². The smallest absolute Gasteiger partial charge is 0.186 e. The lowest BCUT2D eigenvalue weighted by Crippen LogP contribution is -2.67. The fraction of sp³-hybridized carbons (Fsp3) is 0.864. The fourth-order valence-electron chi connectivity index (χ4n) is 5.31. The molecular formula is C22H42N6O7. The predicted molar refractivity (Wildman–Crippen MR) is 127 cm³/mol. The van der Waals surface area contributed by atoms with Crippen LogP contribution in [0.4, 0.5) is 0 Å². The van der Waals surface area contributed by atoms with E-state index in [1.54, 1.807) is 14.0 Å². The molecule has 1 saturated carbocycles. The lowest BCUT2D eigenvalue weighted by Gasteiger charge is -2.48. The van der Waals surface area contributed by atoms with E-state index in [0.717, 1.165) is 0 Å². The molecule has 0 radical (unpaired) electrons. The van der Waals surface area contributed by atoms with E-state index in [2.05, 4.69) is 16.0 Å². The van der Waals surface area contributed by atoms with Gasteiger partial charge in [0.05, 0.1) is 37.9 Å². The summed E-state index contributed by atoms with van der Waals surface area (Å²) in [6.07, 6.45) is -1.17. The Morgan fingerprint density at radius 1 is 1.31 bits per heavy atom. The lowest BCUT2D eigenvalue weighted by molar-refractivity contribution is -0.296. The zero-order chi connectivity index (χ0) is 25.8. The van der Waals surface area contributed by atoms with Crippen LogP contribution in [0.15, 0.2) is 11.8 Å². The average Bonchev–Trinajstić information content (AvgIpc) is 2.79. The molecule has 3 rings (SSSR count). The van der Waals surface area contributed by atoms with Crippen molar-refractivity contribution in [3.63, 3.8) is 0 Å². The molecule has 10 atom stereocenters. The molecule has 0 amide bonds. The van der Waals surface area contributed by atoms with E-state index in [4.69, 9.17) is 36.2 Å². The van der Waals surface area contributed by atoms with Crippen molar-refractivity contribution in [1.82, 2.24) is 16.0 Å². The van der Waals surface area contributed by atoms with E-state index in [1.165, 1.54) is 0 Å². The molecule has 2 fully saturated rings. The van der Waals surface area contributed by atoms with Gasteiger partial charge in [0.15, 0.2) is 12.2 Å². The Labute approximate surface area is 205 Å². The van der Waals surface area contributed by atoms with Crippen LogP contribution in [-0.4, -0.2) is 114 Å². The SMILES string of the molecule is CN[C@@H]1[C@@H](O)[C@@H](O[C@H]2[C@H](N)CCC([C@H]3OC(CNCCO)=CC[C@H]3NC(=N)N)[C@@H]2O)OC[C@]1(C)O. The van der Waals surface area contributed by atoms with Crippen molar-refractivity contribution < 1.29 is 34.6 Å². The number of hydrogen-bond donors (Lipinski definition) is 10. The summed E-state index contributed by atoms with van der Waals surface area (Å²) >= 11 is 0. The van der Waals surface area contributed by atoms with E-state index >= 15 is 0 Å². The Bertz CT molecular complexity index is 741. The van der Waals surface area contributed by atoms with Gasteiger partial charge in [-0.05, 0) is 39.3 Å². The minimum atomic E-state index is -1.29. The molecule has 0 aromatic rings. The molecule has 2 aliphatic heterocycles. The second kappa shape index (κ2) is 12.1. The Morgan fingerprint density at radius 3 is 2.71 bits per heavy atom. The molecule has 0 bridgehead atoms. The Morgan fingerprint density at radius 2 is 2.06 bits per heavy atom. The Kier molecular flexibility index (Phi) is 9.71. The molecule has 12 N–H and O–H groups in total.